The Balaban J connectivity index is 1.75. The third-order valence-electron chi connectivity index (χ3n) is 3.75. The third kappa shape index (κ3) is 4.50. The largest absolute Gasteiger partial charge is 0.508 e. The summed E-state index contributed by atoms with van der Waals surface area (Å²) in [5, 5.41) is 13.2. The van der Waals surface area contributed by atoms with Crippen molar-refractivity contribution in [2.75, 3.05) is 19.8 Å². The molecule has 1 unspecified atom stereocenters. The lowest BCUT2D eigenvalue weighted by Crippen LogP contribution is -2.26. The number of hydrogen-bond donors (Lipinski definition) is 2. The molecule has 1 atom stereocenters. The van der Waals surface area contributed by atoms with Crippen molar-refractivity contribution in [2.24, 2.45) is 5.92 Å². The lowest BCUT2D eigenvalue weighted by Gasteiger charge is -2.26. The number of phenolic OH excluding ortho intramolecular Hbond substituents is 1. The van der Waals surface area contributed by atoms with Crippen LogP contribution >= 0.6 is 0 Å². The van der Waals surface area contributed by atoms with Gasteiger partial charge in [-0.3, -0.25) is 0 Å². The van der Waals surface area contributed by atoms with Gasteiger partial charge < -0.3 is 15.2 Å². The van der Waals surface area contributed by atoms with Crippen LogP contribution in [0.5, 0.6) is 5.75 Å². The molecule has 1 aliphatic rings. The van der Waals surface area contributed by atoms with Crippen LogP contribution in [0.15, 0.2) is 18.2 Å². The highest BCUT2D eigenvalue weighted by molar-refractivity contribution is 5.38. The summed E-state index contributed by atoms with van der Waals surface area (Å²) in [4.78, 5) is 0. The maximum atomic E-state index is 9.56. The molecule has 1 aromatic carbocycles. The van der Waals surface area contributed by atoms with Gasteiger partial charge in [-0.25, -0.2) is 0 Å². The number of hydrogen-bond acceptors (Lipinski definition) is 3. The van der Waals surface area contributed by atoms with Crippen molar-refractivity contribution >= 4 is 0 Å². The van der Waals surface area contributed by atoms with E-state index in [0.29, 0.717) is 17.7 Å². The van der Waals surface area contributed by atoms with Gasteiger partial charge in [0, 0.05) is 19.3 Å². The highest BCUT2D eigenvalue weighted by Gasteiger charge is 2.19. The van der Waals surface area contributed by atoms with Crippen molar-refractivity contribution in [1.29, 1.82) is 0 Å². The Morgan fingerprint density at radius 2 is 2.25 bits per heavy atom. The maximum Gasteiger partial charge on any atom is 0.115 e. The summed E-state index contributed by atoms with van der Waals surface area (Å²) >= 11 is 0. The molecule has 0 spiro atoms. The van der Waals surface area contributed by atoms with E-state index >= 15 is 0 Å². The van der Waals surface area contributed by atoms with Gasteiger partial charge in [0.1, 0.15) is 5.75 Å². The van der Waals surface area contributed by atoms with Crippen LogP contribution in [0.1, 0.15) is 50.3 Å². The van der Waals surface area contributed by atoms with Gasteiger partial charge in [-0.2, -0.15) is 0 Å². The fourth-order valence-electron chi connectivity index (χ4n) is 2.78. The number of ether oxygens (including phenoxy) is 1. The maximum absolute atomic E-state index is 9.56. The van der Waals surface area contributed by atoms with Crippen molar-refractivity contribution in [2.45, 2.75) is 45.6 Å². The molecule has 0 bridgehead atoms. The number of aromatic hydroxyl groups is 1. The van der Waals surface area contributed by atoms with E-state index in [4.69, 9.17) is 4.74 Å². The first-order valence-electron chi connectivity index (χ1n) is 7.79. The highest BCUT2D eigenvalue weighted by Crippen LogP contribution is 2.31. The van der Waals surface area contributed by atoms with Crippen LogP contribution in [-0.4, -0.2) is 24.9 Å². The first kappa shape index (κ1) is 15.3. The summed E-state index contributed by atoms with van der Waals surface area (Å²) in [6.45, 7) is 7.02. The Hall–Kier alpha value is -1.06. The molecule has 2 rings (SSSR count). The fraction of sp³-hybridized carbons (Fsp3) is 0.647. The Labute approximate surface area is 122 Å². The van der Waals surface area contributed by atoms with Gasteiger partial charge in [0.2, 0.25) is 0 Å². The quantitative estimate of drug-likeness (QED) is 0.750. The summed E-state index contributed by atoms with van der Waals surface area (Å²) in [5.41, 5.74) is 2.65. The molecule has 0 heterocycles. The topological polar surface area (TPSA) is 41.5 Å². The van der Waals surface area contributed by atoms with E-state index in [9.17, 15) is 5.11 Å². The summed E-state index contributed by atoms with van der Waals surface area (Å²) in [6, 6.07) is 6.21. The van der Waals surface area contributed by atoms with Gasteiger partial charge in [0.25, 0.3) is 0 Å². The predicted molar refractivity (Wildman–Crippen MR) is 82.1 cm³/mol. The zero-order valence-corrected chi connectivity index (χ0v) is 12.7. The average molecular weight is 277 g/mol. The number of benzene rings is 1. The molecule has 2 N–H and O–H groups in total. The van der Waals surface area contributed by atoms with E-state index in [-0.39, 0.29) is 0 Å². The van der Waals surface area contributed by atoms with Crippen LogP contribution in [0.25, 0.3) is 0 Å². The van der Waals surface area contributed by atoms with Gasteiger partial charge in [-0.05, 0) is 61.4 Å². The molecule has 1 aromatic rings. The Bertz CT molecular complexity index is 417. The monoisotopic (exact) mass is 277 g/mol. The molecule has 3 heteroatoms. The number of fused-ring (bicyclic) bond motifs is 1. The van der Waals surface area contributed by atoms with E-state index < -0.39 is 0 Å². The van der Waals surface area contributed by atoms with Crippen molar-refractivity contribution in [3.05, 3.63) is 29.3 Å². The van der Waals surface area contributed by atoms with Gasteiger partial charge >= 0.3 is 0 Å². The molecule has 0 amide bonds. The lowest BCUT2D eigenvalue weighted by molar-refractivity contribution is 0.107. The predicted octanol–water partition coefficient (Wildman–Crippen LogP) is 3.42. The van der Waals surface area contributed by atoms with Crippen molar-refractivity contribution in [1.82, 2.24) is 5.32 Å². The first-order valence-corrected chi connectivity index (χ1v) is 7.79. The van der Waals surface area contributed by atoms with Crippen LogP contribution in [0.2, 0.25) is 0 Å². The molecule has 0 fully saturated rings. The van der Waals surface area contributed by atoms with Crippen molar-refractivity contribution < 1.29 is 9.84 Å². The highest BCUT2D eigenvalue weighted by atomic mass is 16.5. The van der Waals surface area contributed by atoms with Crippen LogP contribution < -0.4 is 5.32 Å². The van der Waals surface area contributed by atoms with Crippen LogP contribution in [0, 0.1) is 5.92 Å². The molecule has 0 aromatic heterocycles. The van der Waals surface area contributed by atoms with Crippen LogP contribution in [0.4, 0.5) is 0 Å². The number of phenols is 1. The minimum absolute atomic E-state index is 0.381. The zero-order chi connectivity index (χ0) is 14.4. The minimum atomic E-state index is 0.381. The fourth-order valence-corrected chi connectivity index (χ4v) is 2.78. The van der Waals surface area contributed by atoms with E-state index in [1.165, 1.54) is 24.0 Å². The van der Waals surface area contributed by atoms with E-state index in [0.717, 1.165) is 32.6 Å². The molecule has 20 heavy (non-hydrogen) atoms. The number of rotatable bonds is 7. The molecule has 1 aliphatic carbocycles. The number of aryl methyl sites for hydroxylation is 1. The summed E-state index contributed by atoms with van der Waals surface area (Å²) in [6.07, 6.45) is 4.51. The van der Waals surface area contributed by atoms with E-state index in [2.05, 4.69) is 25.2 Å². The summed E-state index contributed by atoms with van der Waals surface area (Å²) in [7, 11) is 0. The molecule has 3 nitrogen and oxygen atoms in total. The van der Waals surface area contributed by atoms with Crippen LogP contribution in [0.3, 0.4) is 0 Å². The normalized spacial score (nSPS) is 18.2. The minimum Gasteiger partial charge on any atom is -0.508 e. The Morgan fingerprint density at radius 3 is 3.05 bits per heavy atom. The van der Waals surface area contributed by atoms with Gasteiger partial charge in [0.05, 0.1) is 0 Å². The molecule has 0 radical (unpaired) electrons. The second kappa shape index (κ2) is 7.65. The van der Waals surface area contributed by atoms with E-state index in [1.807, 2.05) is 6.07 Å². The van der Waals surface area contributed by atoms with E-state index in [1.54, 1.807) is 6.07 Å². The third-order valence-corrected chi connectivity index (χ3v) is 3.75. The second-order valence-electron chi connectivity index (χ2n) is 6.10. The smallest absolute Gasteiger partial charge is 0.115 e. The first-order chi connectivity index (χ1) is 9.66. The molecular weight excluding hydrogens is 250 g/mol. The van der Waals surface area contributed by atoms with Gasteiger partial charge in [-0.15, -0.1) is 0 Å². The molecule has 0 saturated heterocycles. The Morgan fingerprint density at radius 1 is 1.40 bits per heavy atom. The molecule has 0 aliphatic heterocycles. The second-order valence-corrected chi connectivity index (χ2v) is 6.10. The standard InChI is InChI=1S/C17H27NO2/c1-13(2)12-20-10-4-9-18-17-6-3-5-14-11-15(19)7-8-16(14)17/h7-8,11,13,17-19H,3-6,9-10,12H2,1-2H3. The van der Waals surface area contributed by atoms with Gasteiger partial charge in [-0.1, -0.05) is 19.9 Å². The summed E-state index contributed by atoms with van der Waals surface area (Å²) in [5.74, 6) is 0.993. The zero-order valence-electron chi connectivity index (χ0n) is 12.7. The van der Waals surface area contributed by atoms with Crippen molar-refractivity contribution in [3.63, 3.8) is 0 Å². The SMILES string of the molecule is CC(C)COCCCNC1CCCc2cc(O)ccc21. The Kier molecular flexibility index (Phi) is 5.86. The lowest BCUT2D eigenvalue weighted by atomic mass is 9.87. The van der Waals surface area contributed by atoms with Crippen LogP contribution in [-0.2, 0) is 11.2 Å². The number of nitrogens with one attached hydrogen (secondary N) is 1. The van der Waals surface area contributed by atoms with Crippen molar-refractivity contribution in [3.8, 4) is 5.75 Å². The molecule has 0 saturated carbocycles. The molecule has 112 valence electrons. The summed E-state index contributed by atoms with van der Waals surface area (Å²) < 4.78 is 5.60. The van der Waals surface area contributed by atoms with Gasteiger partial charge in [0.15, 0.2) is 0 Å². The molecular formula is C17H27NO2. The average Bonchev–Trinajstić information content (AvgIpc) is 2.42.